The van der Waals surface area contributed by atoms with Crippen LogP contribution < -0.4 is 15.4 Å². The van der Waals surface area contributed by atoms with Crippen LogP contribution >= 0.6 is 0 Å². The summed E-state index contributed by atoms with van der Waals surface area (Å²) in [5.41, 5.74) is -0.864. The maximum Gasteiger partial charge on any atom is 0.343 e. The SMILES string of the molecule is COc1cc(-c2onc(NCC3(O)CCCNC3)c2C(=O)O)ccc1F. The lowest BCUT2D eigenvalue weighted by atomic mass is 9.94. The Hall–Kier alpha value is -2.65. The van der Waals surface area contributed by atoms with E-state index in [-0.39, 0.29) is 29.4 Å². The molecule has 8 nitrogen and oxygen atoms in total. The molecule has 1 fully saturated rings. The number of aliphatic hydroxyl groups is 1. The zero-order valence-corrected chi connectivity index (χ0v) is 14.2. The van der Waals surface area contributed by atoms with E-state index in [4.69, 9.17) is 9.26 Å². The molecule has 0 saturated carbocycles. The topological polar surface area (TPSA) is 117 Å². The standard InChI is InChI=1S/C17H20FN3O5/c1-25-12-7-10(3-4-11(12)18)14-13(16(22)23)15(21-26-14)20-9-17(24)5-2-6-19-8-17/h3-4,7,19,24H,2,5-6,8-9H2,1H3,(H,20,21)(H,22,23). The summed E-state index contributed by atoms with van der Waals surface area (Å²) in [5, 5.41) is 29.8. The number of methoxy groups -OCH3 is 1. The van der Waals surface area contributed by atoms with Gasteiger partial charge >= 0.3 is 5.97 Å². The van der Waals surface area contributed by atoms with E-state index in [2.05, 4.69) is 15.8 Å². The van der Waals surface area contributed by atoms with E-state index >= 15 is 0 Å². The van der Waals surface area contributed by atoms with Crippen LogP contribution in [0.1, 0.15) is 23.2 Å². The summed E-state index contributed by atoms with van der Waals surface area (Å²) in [6.45, 7) is 1.37. The van der Waals surface area contributed by atoms with Crippen molar-refractivity contribution in [3.05, 3.63) is 29.6 Å². The first-order valence-electron chi connectivity index (χ1n) is 8.17. The summed E-state index contributed by atoms with van der Waals surface area (Å²) in [6.07, 6.45) is 1.42. The highest BCUT2D eigenvalue weighted by Crippen LogP contribution is 2.33. The quantitative estimate of drug-likeness (QED) is 0.611. The number of hydrogen-bond acceptors (Lipinski definition) is 7. The first kappa shape index (κ1) is 18.2. The van der Waals surface area contributed by atoms with Crippen LogP contribution in [0.15, 0.2) is 22.7 Å². The Kier molecular flexibility index (Phi) is 5.10. The van der Waals surface area contributed by atoms with Gasteiger partial charge in [-0.2, -0.15) is 0 Å². The van der Waals surface area contributed by atoms with Crippen molar-refractivity contribution in [2.45, 2.75) is 18.4 Å². The van der Waals surface area contributed by atoms with Crippen molar-refractivity contribution in [1.29, 1.82) is 0 Å². The molecule has 4 N–H and O–H groups in total. The molecule has 1 unspecified atom stereocenters. The minimum Gasteiger partial charge on any atom is -0.494 e. The first-order chi connectivity index (χ1) is 12.4. The highest BCUT2D eigenvalue weighted by Gasteiger charge is 2.31. The van der Waals surface area contributed by atoms with E-state index < -0.39 is 17.4 Å². The second-order valence-electron chi connectivity index (χ2n) is 6.25. The van der Waals surface area contributed by atoms with Gasteiger partial charge in [-0.25, -0.2) is 9.18 Å². The number of β-amino-alcohol motifs (C(OH)–C–C–N with tert-alkyl or cyclic N) is 1. The smallest absolute Gasteiger partial charge is 0.343 e. The molecular formula is C17H20FN3O5. The number of aromatic carboxylic acids is 1. The van der Waals surface area contributed by atoms with Crippen molar-refractivity contribution in [2.75, 3.05) is 32.1 Å². The van der Waals surface area contributed by atoms with E-state index in [9.17, 15) is 19.4 Å². The van der Waals surface area contributed by atoms with Gasteiger partial charge in [0, 0.05) is 18.7 Å². The Bertz CT molecular complexity index is 802. The minimum atomic E-state index is -1.25. The van der Waals surface area contributed by atoms with Crippen LogP contribution in [0.25, 0.3) is 11.3 Å². The number of nitrogens with zero attached hydrogens (tertiary/aromatic N) is 1. The van der Waals surface area contributed by atoms with Gasteiger partial charge in [0.25, 0.3) is 0 Å². The summed E-state index contributed by atoms with van der Waals surface area (Å²) in [5.74, 6) is -1.87. The predicted molar refractivity (Wildman–Crippen MR) is 91.0 cm³/mol. The van der Waals surface area contributed by atoms with E-state index in [1.165, 1.54) is 19.2 Å². The monoisotopic (exact) mass is 365 g/mol. The average Bonchev–Trinajstić information content (AvgIpc) is 3.05. The van der Waals surface area contributed by atoms with Crippen LogP contribution in [-0.2, 0) is 0 Å². The molecule has 0 amide bonds. The van der Waals surface area contributed by atoms with Gasteiger partial charge in [0.1, 0.15) is 0 Å². The number of nitrogens with one attached hydrogen (secondary N) is 2. The van der Waals surface area contributed by atoms with Gasteiger partial charge < -0.3 is 30.1 Å². The molecular weight excluding hydrogens is 345 g/mol. The molecule has 9 heteroatoms. The van der Waals surface area contributed by atoms with Crippen molar-refractivity contribution in [2.24, 2.45) is 0 Å². The fourth-order valence-corrected chi connectivity index (χ4v) is 2.96. The van der Waals surface area contributed by atoms with Crippen molar-refractivity contribution < 1.29 is 28.7 Å². The van der Waals surface area contributed by atoms with Gasteiger partial charge in [-0.1, -0.05) is 5.16 Å². The van der Waals surface area contributed by atoms with E-state index in [1.807, 2.05) is 0 Å². The third-order valence-electron chi connectivity index (χ3n) is 4.35. The molecule has 2 aromatic rings. The molecule has 140 valence electrons. The second kappa shape index (κ2) is 7.30. The van der Waals surface area contributed by atoms with Gasteiger partial charge in [0.2, 0.25) is 0 Å². The number of anilines is 1. The zero-order valence-electron chi connectivity index (χ0n) is 14.2. The summed E-state index contributed by atoms with van der Waals surface area (Å²) >= 11 is 0. The van der Waals surface area contributed by atoms with Crippen LogP contribution in [-0.4, -0.2) is 53.7 Å². The Morgan fingerprint density at radius 2 is 2.35 bits per heavy atom. The normalized spacial score (nSPS) is 20.0. The van der Waals surface area contributed by atoms with Crippen molar-refractivity contribution in [1.82, 2.24) is 10.5 Å². The molecule has 2 heterocycles. The van der Waals surface area contributed by atoms with Gasteiger partial charge in [0.05, 0.1) is 12.7 Å². The number of halogens is 1. The number of carboxylic acids is 1. The third-order valence-corrected chi connectivity index (χ3v) is 4.35. The van der Waals surface area contributed by atoms with Crippen LogP contribution in [0.4, 0.5) is 10.2 Å². The largest absolute Gasteiger partial charge is 0.494 e. The lowest BCUT2D eigenvalue weighted by Gasteiger charge is -2.32. The highest BCUT2D eigenvalue weighted by atomic mass is 19.1. The lowest BCUT2D eigenvalue weighted by Crippen LogP contribution is -2.50. The molecule has 26 heavy (non-hydrogen) atoms. The maximum atomic E-state index is 13.6. The Morgan fingerprint density at radius 1 is 1.54 bits per heavy atom. The predicted octanol–water partition coefficient (Wildman–Crippen LogP) is 1.71. The van der Waals surface area contributed by atoms with Crippen LogP contribution in [0, 0.1) is 5.82 Å². The number of carbonyl (C=O) groups is 1. The summed E-state index contributed by atoms with van der Waals surface area (Å²) in [7, 11) is 1.31. The fraction of sp³-hybridized carbons (Fsp3) is 0.412. The van der Waals surface area contributed by atoms with E-state index in [0.29, 0.717) is 18.5 Å². The molecule has 0 radical (unpaired) electrons. The first-order valence-corrected chi connectivity index (χ1v) is 8.17. The van der Waals surface area contributed by atoms with Crippen LogP contribution in [0.3, 0.4) is 0 Å². The maximum absolute atomic E-state index is 13.6. The molecule has 0 aliphatic carbocycles. The number of piperidine rings is 1. The van der Waals surface area contributed by atoms with Gasteiger partial charge in [-0.05, 0) is 37.6 Å². The summed E-state index contributed by atoms with van der Waals surface area (Å²) in [4.78, 5) is 11.7. The van der Waals surface area contributed by atoms with Crippen LogP contribution in [0.2, 0.25) is 0 Å². The Balaban J connectivity index is 1.88. The number of hydrogen-bond donors (Lipinski definition) is 4. The molecule has 1 aliphatic rings. The minimum absolute atomic E-state index is 0.00907. The molecule has 3 rings (SSSR count). The Morgan fingerprint density at radius 3 is 3.00 bits per heavy atom. The van der Waals surface area contributed by atoms with E-state index in [0.717, 1.165) is 19.0 Å². The zero-order chi connectivity index (χ0) is 18.7. The summed E-state index contributed by atoms with van der Waals surface area (Å²) < 4.78 is 23.7. The van der Waals surface area contributed by atoms with Crippen molar-refractivity contribution >= 4 is 11.8 Å². The molecule has 0 spiro atoms. The number of rotatable bonds is 6. The van der Waals surface area contributed by atoms with Crippen molar-refractivity contribution in [3.8, 4) is 17.1 Å². The number of aromatic nitrogens is 1. The fourth-order valence-electron chi connectivity index (χ4n) is 2.96. The molecule has 1 saturated heterocycles. The summed E-state index contributed by atoms with van der Waals surface area (Å²) in [6, 6.07) is 3.88. The number of carboxylic acid groups (broad SMARTS) is 1. The van der Waals surface area contributed by atoms with Gasteiger partial charge in [-0.15, -0.1) is 0 Å². The Labute approximate surface area is 148 Å². The molecule has 1 aromatic heterocycles. The number of ether oxygens (including phenoxy) is 1. The van der Waals surface area contributed by atoms with Crippen molar-refractivity contribution in [3.63, 3.8) is 0 Å². The molecule has 1 aromatic carbocycles. The average molecular weight is 365 g/mol. The number of benzene rings is 1. The van der Waals surface area contributed by atoms with Gasteiger partial charge in [-0.3, -0.25) is 0 Å². The third kappa shape index (κ3) is 3.63. The molecule has 1 aliphatic heterocycles. The molecule has 0 bridgehead atoms. The van der Waals surface area contributed by atoms with Gasteiger partial charge in [0.15, 0.2) is 28.7 Å². The van der Waals surface area contributed by atoms with E-state index in [1.54, 1.807) is 0 Å². The van der Waals surface area contributed by atoms with Crippen LogP contribution in [0.5, 0.6) is 5.75 Å². The molecule has 1 atom stereocenters. The second-order valence-corrected chi connectivity index (χ2v) is 6.25. The lowest BCUT2D eigenvalue weighted by molar-refractivity contribution is 0.0290. The highest BCUT2D eigenvalue weighted by molar-refractivity contribution is 5.99.